The first-order valence-corrected chi connectivity index (χ1v) is 14.2. The van der Waals surface area contributed by atoms with E-state index in [0.29, 0.717) is 11.8 Å². The van der Waals surface area contributed by atoms with Crippen LogP contribution in [0, 0.1) is 25.7 Å². The van der Waals surface area contributed by atoms with Gasteiger partial charge in [-0.05, 0) is 91.6 Å². The molecule has 2 aromatic carbocycles. The molecule has 36 heavy (non-hydrogen) atoms. The van der Waals surface area contributed by atoms with Gasteiger partial charge in [0.25, 0.3) is 0 Å². The molecule has 2 saturated carbocycles. The van der Waals surface area contributed by atoms with Crippen LogP contribution in [0.1, 0.15) is 54.3 Å². The second kappa shape index (κ2) is 8.15. The summed E-state index contributed by atoms with van der Waals surface area (Å²) in [5, 5.41) is 5.03. The number of nitrogens with one attached hydrogen (secondary N) is 1. The van der Waals surface area contributed by atoms with Crippen LogP contribution in [0.5, 0.6) is 0 Å². The van der Waals surface area contributed by atoms with Gasteiger partial charge in [0.2, 0.25) is 11.8 Å². The molecule has 0 radical (unpaired) electrons. The summed E-state index contributed by atoms with van der Waals surface area (Å²) >= 11 is 1.86. The fourth-order valence-electron chi connectivity index (χ4n) is 6.16. The number of carbonyl (C=O) groups is 2. The van der Waals surface area contributed by atoms with Crippen LogP contribution >= 0.6 is 11.3 Å². The Hall–Kier alpha value is -2.70. The zero-order chi connectivity index (χ0) is 24.6. The van der Waals surface area contributed by atoms with Gasteiger partial charge >= 0.3 is 0 Å². The van der Waals surface area contributed by atoms with Crippen LogP contribution in [-0.4, -0.2) is 46.8 Å². The quantitative estimate of drug-likeness (QED) is 0.511. The number of aryl methyl sites for hydroxylation is 2. The van der Waals surface area contributed by atoms with Crippen molar-refractivity contribution in [3.05, 3.63) is 58.5 Å². The SMILES string of the molecule is Cc1sc2ccc(-c3ccc(C4NC5(CC5)C(=O)N4C[C@@H]4CCN(C(=O)C5CC5)C4)cc3)cc2c1C. The van der Waals surface area contributed by atoms with Gasteiger partial charge in [0.15, 0.2) is 0 Å². The molecule has 2 atom stereocenters. The molecule has 1 spiro atoms. The summed E-state index contributed by atoms with van der Waals surface area (Å²) in [6, 6.07) is 15.5. The van der Waals surface area contributed by atoms with E-state index in [9.17, 15) is 9.59 Å². The van der Waals surface area contributed by atoms with Crippen LogP contribution in [0.3, 0.4) is 0 Å². The first kappa shape index (κ1) is 22.5. The molecule has 2 aliphatic carbocycles. The Morgan fingerprint density at radius 2 is 1.81 bits per heavy atom. The van der Waals surface area contributed by atoms with Crippen LogP contribution in [-0.2, 0) is 9.59 Å². The maximum atomic E-state index is 13.4. The van der Waals surface area contributed by atoms with E-state index in [2.05, 4.69) is 66.5 Å². The summed E-state index contributed by atoms with van der Waals surface area (Å²) in [4.78, 5) is 31.4. The van der Waals surface area contributed by atoms with Crippen LogP contribution in [0.15, 0.2) is 42.5 Å². The Bertz CT molecular complexity index is 1370. The van der Waals surface area contributed by atoms with Gasteiger partial charge in [-0.1, -0.05) is 30.3 Å². The molecule has 2 amide bonds. The van der Waals surface area contributed by atoms with Gasteiger partial charge in [-0.25, -0.2) is 0 Å². The minimum absolute atomic E-state index is 0.0912. The molecule has 2 saturated heterocycles. The van der Waals surface area contributed by atoms with Gasteiger partial charge in [-0.2, -0.15) is 0 Å². The molecule has 3 heterocycles. The Labute approximate surface area is 216 Å². The van der Waals surface area contributed by atoms with Gasteiger partial charge in [0.05, 0.1) is 0 Å². The van der Waals surface area contributed by atoms with E-state index in [-0.39, 0.29) is 23.5 Å². The number of hydrogen-bond acceptors (Lipinski definition) is 4. The highest BCUT2D eigenvalue weighted by atomic mass is 32.1. The van der Waals surface area contributed by atoms with Crippen molar-refractivity contribution in [2.24, 2.45) is 11.8 Å². The highest BCUT2D eigenvalue weighted by molar-refractivity contribution is 7.19. The van der Waals surface area contributed by atoms with Crippen LogP contribution in [0.2, 0.25) is 0 Å². The first-order valence-electron chi connectivity index (χ1n) is 13.4. The normalized spacial score (nSPS) is 24.9. The maximum absolute atomic E-state index is 13.4. The summed E-state index contributed by atoms with van der Waals surface area (Å²) < 4.78 is 1.34. The maximum Gasteiger partial charge on any atom is 0.244 e. The van der Waals surface area contributed by atoms with Crippen molar-refractivity contribution in [1.29, 1.82) is 0 Å². The van der Waals surface area contributed by atoms with Crippen LogP contribution < -0.4 is 5.32 Å². The largest absolute Gasteiger partial charge is 0.342 e. The van der Waals surface area contributed by atoms with Crippen LogP contribution in [0.25, 0.3) is 21.2 Å². The number of thiophene rings is 1. The van der Waals surface area contributed by atoms with E-state index in [0.717, 1.165) is 57.3 Å². The summed E-state index contributed by atoms with van der Waals surface area (Å²) in [6.07, 6.45) is 4.85. The molecule has 0 bridgehead atoms. The molecule has 3 aromatic rings. The van der Waals surface area contributed by atoms with Crippen molar-refractivity contribution >= 4 is 33.2 Å². The summed E-state index contributed by atoms with van der Waals surface area (Å²) in [5.41, 5.74) is 4.59. The number of rotatable bonds is 5. The predicted octanol–water partition coefficient (Wildman–Crippen LogP) is 5.41. The lowest BCUT2D eigenvalue weighted by molar-refractivity contribution is -0.131. The van der Waals surface area contributed by atoms with Gasteiger partial charge in [0, 0.05) is 35.1 Å². The van der Waals surface area contributed by atoms with Gasteiger partial charge in [0.1, 0.15) is 11.7 Å². The smallest absolute Gasteiger partial charge is 0.244 e. The molecule has 4 fully saturated rings. The average molecular weight is 500 g/mol. The van der Waals surface area contributed by atoms with E-state index >= 15 is 0 Å². The number of likely N-dealkylation sites (tertiary alicyclic amines) is 1. The highest BCUT2D eigenvalue weighted by Gasteiger charge is 2.59. The lowest BCUT2D eigenvalue weighted by atomic mass is 10.0. The topological polar surface area (TPSA) is 52.7 Å². The van der Waals surface area contributed by atoms with E-state index in [4.69, 9.17) is 0 Å². The molecule has 7 rings (SSSR count). The third kappa shape index (κ3) is 3.69. The van der Waals surface area contributed by atoms with Gasteiger partial charge < -0.3 is 9.80 Å². The third-order valence-electron chi connectivity index (χ3n) is 8.86. The Morgan fingerprint density at radius 3 is 2.53 bits per heavy atom. The van der Waals surface area contributed by atoms with Crippen molar-refractivity contribution in [3.63, 3.8) is 0 Å². The third-order valence-corrected chi connectivity index (χ3v) is 10.0. The lowest BCUT2D eigenvalue weighted by Gasteiger charge is -2.27. The summed E-state index contributed by atoms with van der Waals surface area (Å²) in [5.74, 6) is 1.21. The fourth-order valence-corrected chi connectivity index (χ4v) is 7.21. The van der Waals surface area contributed by atoms with E-state index in [1.807, 2.05) is 16.2 Å². The van der Waals surface area contributed by atoms with Gasteiger partial charge in [-0.3, -0.25) is 14.9 Å². The Kier molecular flexibility index (Phi) is 5.09. The average Bonchev–Trinajstić information content (AvgIpc) is 3.80. The minimum atomic E-state index is -0.356. The number of nitrogens with zero attached hydrogens (tertiary/aromatic N) is 2. The second-order valence-corrected chi connectivity index (χ2v) is 12.7. The van der Waals surface area contributed by atoms with Crippen molar-refractivity contribution in [2.45, 2.75) is 57.7 Å². The highest BCUT2D eigenvalue weighted by Crippen LogP contribution is 2.47. The molecule has 5 nitrogen and oxygen atoms in total. The fraction of sp³-hybridized carbons (Fsp3) is 0.467. The van der Waals surface area contributed by atoms with Crippen molar-refractivity contribution in [2.75, 3.05) is 19.6 Å². The van der Waals surface area contributed by atoms with Crippen molar-refractivity contribution in [3.8, 4) is 11.1 Å². The standard InChI is InChI=1S/C30H33N3O2S/c1-18-19(2)36-26-10-9-24(15-25(18)26)21-3-5-22(6-4-21)27-31-30(12-13-30)29(35)33(27)17-20-11-14-32(16-20)28(34)23-7-8-23/h3-6,9-10,15,20,23,27,31H,7-8,11-14,16-17H2,1-2H3/t20-,27?/m1/s1. The van der Waals surface area contributed by atoms with E-state index in [1.54, 1.807) is 0 Å². The summed E-state index contributed by atoms with van der Waals surface area (Å²) in [7, 11) is 0. The Balaban J connectivity index is 1.11. The van der Waals surface area contributed by atoms with E-state index in [1.165, 1.54) is 31.7 Å². The number of benzene rings is 2. The predicted molar refractivity (Wildman–Crippen MR) is 144 cm³/mol. The Morgan fingerprint density at radius 1 is 1.06 bits per heavy atom. The zero-order valence-electron chi connectivity index (χ0n) is 21.0. The van der Waals surface area contributed by atoms with E-state index < -0.39 is 0 Å². The molecule has 2 aliphatic heterocycles. The zero-order valence-corrected chi connectivity index (χ0v) is 21.9. The van der Waals surface area contributed by atoms with Crippen molar-refractivity contribution < 1.29 is 9.59 Å². The molecular formula is C30H33N3O2S. The first-order chi connectivity index (χ1) is 17.4. The monoisotopic (exact) mass is 499 g/mol. The second-order valence-electron chi connectivity index (χ2n) is 11.4. The lowest BCUT2D eigenvalue weighted by Crippen LogP contribution is -2.37. The molecule has 6 heteroatoms. The molecule has 4 aliphatic rings. The number of hydrogen-bond donors (Lipinski definition) is 1. The van der Waals surface area contributed by atoms with Gasteiger partial charge in [-0.15, -0.1) is 11.3 Å². The number of amides is 2. The van der Waals surface area contributed by atoms with Crippen LogP contribution in [0.4, 0.5) is 0 Å². The van der Waals surface area contributed by atoms with Crippen molar-refractivity contribution in [1.82, 2.24) is 15.1 Å². The summed E-state index contributed by atoms with van der Waals surface area (Å²) in [6.45, 7) is 6.76. The number of carbonyl (C=O) groups excluding carboxylic acids is 2. The molecule has 1 unspecified atom stereocenters. The minimum Gasteiger partial charge on any atom is -0.342 e. The number of fused-ring (bicyclic) bond motifs is 1. The molecule has 1 aromatic heterocycles. The molecular weight excluding hydrogens is 466 g/mol. The molecule has 186 valence electrons. The molecule has 1 N–H and O–H groups in total.